The molecule has 0 spiro atoms. The van der Waals surface area contributed by atoms with Crippen LogP contribution in [-0.2, 0) is 6.18 Å². The van der Waals surface area contributed by atoms with E-state index in [1.165, 1.54) is 30.2 Å². The van der Waals surface area contributed by atoms with E-state index in [-0.39, 0.29) is 17.0 Å². The number of halogens is 3. The van der Waals surface area contributed by atoms with E-state index in [2.05, 4.69) is 0 Å². The number of amides is 1. The molecule has 3 rings (SSSR count). The quantitative estimate of drug-likeness (QED) is 0.829. The molecule has 3 nitrogen and oxygen atoms in total. The molecule has 1 aliphatic rings. The third-order valence-corrected chi connectivity index (χ3v) is 4.67. The zero-order chi connectivity index (χ0) is 15.7. The van der Waals surface area contributed by atoms with Gasteiger partial charge in [-0.3, -0.25) is 4.79 Å². The topological polar surface area (TPSA) is 33.5 Å². The van der Waals surface area contributed by atoms with Gasteiger partial charge in [-0.25, -0.2) is 0 Å². The van der Waals surface area contributed by atoms with Crippen molar-refractivity contribution in [3.8, 4) is 0 Å². The van der Waals surface area contributed by atoms with Crippen LogP contribution in [-0.4, -0.2) is 23.1 Å². The first-order valence-electron chi connectivity index (χ1n) is 6.60. The Morgan fingerprint density at radius 3 is 2.55 bits per heavy atom. The van der Waals surface area contributed by atoms with Crippen LogP contribution < -0.4 is 0 Å². The van der Waals surface area contributed by atoms with Crippen molar-refractivity contribution in [1.82, 2.24) is 4.90 Å². The van der Waals surface area contributed by atoms with Gasteiger partial charge in [-0.05, 0) is 29.8 Å². The third kappa shape index (κ3) is 2.85. The maximum Gasteiger partial charge on any atom is 0.416 e. The number of hydrogen-bond donors (Lipinski definition) is 0. The van der Waals surface area contributed by atoms with Crippen molar-refractivity contribution in [2.45, 2.75) is 11.6 Å². The highest BCUT2D eigenvalue weighted by molar-refractivity contribution is 7.99. The van der Waals surface area contributed by atoms with Crippen molar-refractivity contribution in [3.05, 3.63) is 59.5 Å². The molecule has 0 radical (unpaired) electrons. The molecule has 116 valence electrons. The molecule has 1 atom stereocenters. The second-order valence-corrected chi connectivity index (χ2v) is 6.01. The van der Waals surface area contributed by atoms with Gasteiger partial charge in [0, 0.05) is 12.3 Å². The number of rotatable bonds is 2. The second kappa shape index (κ2) is 5.72. The van der Waals surface area contributed by atoms with Crippen molar-refractivity contribution < 1.29 is 22.4 Å². The maximum absolute atomic E-state index is 12.6. The fourth-order valence-corrected chi connectivity index (χ4v) is 3.59. The zero-order valence-corrected chi connectivity index (χ0v) is 12.2. The standard InChI is InChI=1S/C15H12F3NO2S/c16-15(17,18)11-5-3-10(4-6-11)14-19(7-9-22-14)13(20)12-2-1-8-21-12/h1-6,8,14H,7,9H2. The molecule has 7 heteroatoms. The highest BCUT2D eigenvalue weighted by Gasteiger charge is 2.34. The number of carbonyl (C=O) groups excluding carboxylic acids is 1. The van der Waals surface area contributed by atoms with Gasteiger partial charge in [-0.2, -0.15) is 13.2 Å². The molecule has 1 aromatic heterocycles. The number of hydrogen-bond acceptors (Lipinski definition) is 3. The molecule has 0 aliphatic carbocycles. The average molecular weight is 327 g/mol. The molecule has 1 saturated heterocycles. The predicted octanol–water partition coefficient (Wildman–Crippen LogP) is 4.19. The lowest BCUT2D eigenvalue weighted by molar-refractivity contribution is -0.137. The molecule has 2 aromatic rings. The van der Waals surface area contributed by atoms with Gasteiger partial charge in [-0.1, -0.05) is 12.1 Å². The summed E-state index contributed by atoms with van der Waals surface area (Å²) in [4.78, 5) is 14.0. The number of carbonyl (C=O) groups is 1. The van der Waals surface area contributed by atoms with E-state index in [1.807, 2.05) is 0 Å². The molecule has 0 saturated carbocycles. The fraction of sp³-hybridized carbons (Fsp3) is 0.267. The van der Waals surface area contributed by atoms with Crippen LogP contribution in [0.3, 0.4) is 0 Å². The summed E-state index contributed by atoms with van der Waals surface area (Å²) in [5.41, 5.74) is -0.0152. The van der Waals surface area contributed by atoms with Crippen LogP contribution in [0.15, 0.2) is 47.1 Å². The van der Waals surface area contributed by atoms with Gasteiger partial charge >= 0.3 is 6.18 Å². The second-order valence-electron chi connectivity index (χ2n) is 4.82. The van der Waals surface area contributed by atoms with Gasteiger partial charge in [0.25, 0.3) is 5.91 Å². The van der Waals surface area contributed by atoms with E-state index in [0.717, 1.165) is 17.9 Å². The first-order chi connectivity index (χ1) is 10.5. The highest BCUT2D eigenvalue weighted by Crippen LogP contribution is 2.39. The molecule has 0 bridgehead atoms. The van der Waals surface area contributed by atoms with Crippen LogP contribution in [0.5, 0.6) is 0 Å². The summed E-state index contributed by atoms with van der Waals surface area (Å²) in [5, 5.41) is -0.292. The third-order valence-electron chi connectivity index (χ3n) is 3.41. The Morgan fingerprint density at radius 2 is 1.95 bits per heavy atom. The van der Waals surface area contributed by atoms with Crippen molar-refractivity contribution in [2.24, 2.45) is 0 Å². The number of benzene rings is 1. The van der Waals surface area contributed by atoms with Crippen LogP contribution in [0.25, 0.3) is 0 Å². The Morgan fingerprint density at radius 1 is 1.23 bits per heavy atom. The summed E-state index contributed by atoms with van der Waals surface area (Å²) < 4.78 is 42.9. The van der Waals surface area contributed by atoms with E-state index in [1.54, 1.807) is 17.0 Å². The van der Waals surface area contributed by atoms with Gasteiger partial charge in [0.05, 0.1) is 11.8 Å². The molecule has 1 fully saturated rings. The fourth-order valence-electron chi connectivity index (χ4n) is 2.33. The Bertz CT molecular complexity index is 652. The van der Waals surface area contributed by atoms with E-state index in [9.17, 15) is 18.0 Å². The van der Waals surface area contributed by atoms with E-state index in [0.29, 0.717) is 12.1 Å². The SMILES string of the molecule is O=C(c1ccco1)N1CCSC1c1ccc(C(F)(F)F)cc1. The van der Waals surface area contributed by atoms with Gasteiger partial charge in [0.2, 0.25) is 0 Å². The lowest BCUT2D eigenvalue weighted by Crippen LogP contribution is -2.30. The molecular weight excluding hydrogens is 315 g/mol. The Balaban J connectivity index is 1.83. The normalized spacial score (nSPS) is 18.7. The molecule has 1 amide bonds. The van der Waals surface area contributed by atoms with E-state index in [4.69, 9.17) is 4.42 Å². The highest BCUT2D eigenvalue weighted by atomic mass is 32.2. The predicted molar refractivity (Wildman–Crippen MR) is 76.4 cm³/mol. The Hall–Kier alpha value is -1.89. The molecule has 1 aromatic carbocycles. The smallest absolute Gasteiger partial charge is 0.416 e. The summed E-state index contributed by atoms with van der Waals surface area (Å²) in [6.07, 6.45) is -2.94. The Labute approximate surface area is 129 Å². The molecule has 22 heavy (non-hydrogen) atoms. The number of alkyl halides is 3. The van der Waals surface area contributed by atoms with Gasteiger partial charge in [0.1, 0.15) is 5.37 Å². The van der Waals surface area contributed by atoms with Gasteiger partial charge in [-0.15, -0.1) is 11.8 Å². The van der Waals surface area contributed by atoms with Crippen LogP contribution in [0.2, 0.25) is 0 Å². The zero-order valence-electron chi connectivity index (χ0n) is 11.3. The lowest BCUT2D eigenvalue weighted by atomic mass is 10.1. The summed E-state index contributed by atoms with van der Waals surface area (Å²) in [6.45, 7) is 0.538. The number of furan rings is 1. The van der Waals surface area contributed by atoms with Crippen LogP contribution >= 0.6 is 11.8 Å². The van der Waals surface area contributed by atoms with Crippen molar-refractivity contribution in [1.29, 1.82) is 0 Å². The van der Waals surface area contributed by atoms with E-state index < -0.39 is 11.7 Å². The first kappa shape index (κ1) is 15.0. The summed E-state index contributed by atoms with van der Waals surface area (Å²) in [6, 6.07) is 8.15. The summed E-state index contributed by atoms with van der Waals surface area (Å²) in [7, 11) is 0. The van der Waals surface area contributed by atoms with Gasteiger partial charge < -0.3 is 9.32 Å². The molecule has 1 unspecified atom stereocenters. The first-order valence-corrected chi connectivity index (χ1v) is 7.65. The largest absolute Gasteiger partial charge is 0.459 e. The Kier molecular flexibility index (Phi) is 3.90. The number of nitrogens with zero attached hydrogens (tertiary/aromatic N) is 1. The minimum absolute atomic E-state index is 0.236. The van der Waals surface area contributed by atoms with Crippen LogP contribution in [0, 0.1) is 0 Å². The average Bonchev–Trinajstić information content (AvgIpc) is 3.17. The minimum atomic E-state index is -4.36. The lowest BCUT2D eigenvalue weighted by Gasteiger charge is -2.23. The summed E-state index contributed by atoms with van der Waals surface area (Å²) >= 11 is 1.52. The molecule has 2 heterocycles. The molecule has 1 aliphatic heterocycles. The number of thioether (sulfide) groups is 1. The van der Waals surface area contributed by atoms with E-state index >= 15 is 0 Å². The summed E-state index contributed by atoms with van der Waals surface area (Å²) in [5.74, 6) is 0.720. The molecule has 0 N–H and O–H groups in total. The maximum atomic E-state index is 12.6. The molecular formula is C15H12F3NO2S. The minimum Gasteiger partial charge on any atom is -0.459 e. The van der Waals surface area contributed by atoms with Gasteiger partial charge in [0.15, 0.2) is 5.76 Å². The van der Waals surface area contributed by atoms with Crippen LogP contribution in [0.1, 0.15) is 27.1 Å². The van der Waals surface area contributed by atoms with Crippen molar-refractivity contribution in [2.75, 3.05) is 12.3 Å². The van der Waals surface area contributed by atoms with Crippen molar-refractivity contribution >= 4 is 17.7 Å². The van der Waals surface area contributed by atoms with Crippen LogP contribution in [0.4, 0.5) is 13.2 Å². The monoisotopic (exact) mass is 327 g/mol. The van der Waals surface area contributed by atoms with Crippen molar-refractivity contribution in [3.63, 3.8) is 0 Å².